The van der Waals surface area contributed by atoms with Gasteiger partial charge in [0.05, 0.1) is 16.1 Å². The van der Waals surface area contributed by atoms with Crippen molar-refractivity contribution >= 4 is 22.5 Å². The predicted octanol–water partition coefficient (Wildman–Crippen LogP) is 2.42. The van der Waals surface area contributed by atoms with Gasteiger partial charge in [0.15, 0.2) is 0 Å². The molecule has 0 aliphatic heterocycles. The number of nitro groups is 1. The highest BCUT2D eigenvalue weighted by Crippen LogP contribution is 2.23. The second-order valence-corrected chi connectivity index (χ2v) is 2.95. The Morgan fingerprint density at radius 1 is 1.57 bits per heavy atom. The van der Waals surface area contributed by atoms with E-state index < -0.39 is 16.0 Å². The van der Waals surface area contributed by atoms with Gasteiger partial charge in [-0.15, -0.1) is 0 Å². The molecule has 0 aliphatic carbocycles. The maximum absolute atomic E-state index is 13.3. The minimum atomic E-state index is -0.972. The molecule has 0 atom stereocenters. The monoisotopic (exact) mass is 217 g/mol. The van der Waals surface area contributed by atoms with E-state index in [9.17, 15) is 19.3 Å². The van der Waals surface area contributed by atoms with E-state index in [0.717, 1.165) is 12.1 Å². The number of rotatable bonds is 2. The molecule has 0 bridgehead atoms. The summed E-state index contributed by atoms with van der Waals surface area (Å²) in [6.07, 6.45) is 0. The molecule has 0 saturated carbocycles. The standard InChI is InChI=1S/C8H5ClFNO3/c1-4-6(11(13)14)3-2-5(7(4)10)8(9)12/h2-3H,1H3. The maximum Gasteiger partial charge on any atom is 0.275 e. The molecule has 0 fully saturated rings. The highest BCUT2D eigenvalue weighted by Gasteiger charge is 2.19. The molecule has 0 aliphatic rings. The molecule has 1 rings (SSSR count). The van der Waals surface area contributed by atoms with Crippen molar-refractivity contribution in [2.75, 3.05) is 0 Å². The van der Waals surface area contributed by atoms with E-state index in [1.54, 1.807) is 0 Å². The fraction of sp³-hybridized carbons (Fsp3) is 0.125. The fourth-order valence-corrected chi connectivity index (χ4v) is 1.17. The van der Waals surface area contributed by atoms with Crippen LogP contribution in [0.2, 0.25) is 0 Å². The van der Waals surface area contributed by atoms with Crippen molar-refractivity contribution in [2.24, 2.45) is 0 Å². The Hall–Kier alpha value is -1.49. The number of halogens is 2. The molecule has 0 heterocycles. The van der Waals surface area contributed by atoms with Crippen LogP contribution in [0.3, 0.4) is 0 Å². The van der Waals surface area contributed by atoms with Gasteiger partial charge in [0.25, 0.3) is 10.9 Å². The summed E-state index contributed by atoms with van der Waals surface area (Å²) >= 11 is 5.06. The smallest absolute Gasteiger partial charge is 0.275 e. The first-order valence-electron chi connectivity index (χ1n) is 3.58. The largest absolute Gasteiger partial charge is 0.275 e. The zero-order chi connectivity index (χ0) is 10.9. The minimum absolute atomic E-state index is 0.193. The van der Waals surface area contributed by atoms with Crippen molar-refractivity contribution < 1.29 is 14.1 Å². The second-order valence-electron chi connectivity index (χ2n) is 2.60. The molecule has 74 valence electrons. The van der Waals surface area contributed by atoms with Gasteiger partial charge in [0, 0.05) is 6.07 Å². The van der Waals surface area contributed by atoms with E-state index in [0.29, 0.717) is 0 Å². The van der Waals surface area contributed by atoms with Gasteiger partial charge in [-0.25, -0.2) is 4.39 Å². The molecule has 1 aromatic carbocycles. The van der Waals surface area contributed by atoms with Crippen LogP contribution in [0.15, 0.2) is 12.1 Å². The molecular formula is C8H5ClFNO3. The average molecular weight is 218 g/mol. The van der Waals surface area contributed by atoms with Gasteiger partial charge < -0.3 is 0 Å². The van der Waals surface area contributed by atoms with Gasteiger partial charge in [-0.05, 0) is 24.6 Å². The summed E-state index contributed by atoms with van der Waals surface area (Å²) in [4.78, 5) is 20.3. The Labute approximate surface area is 83.4 Å². The van der Waals surface area contributed by atoms with Crippen LogP contribution in [0.5, 0.6) is 0 Å². The molecule has 0 spiro atoms. The molecule has 0 aromatic heterocycles. The number of hydrogen-bond acceptors (Lipinski definition) is 3. The number of hydrogen-bond donors (Lipinski definition) is 0. The van der Waals surface area contributed by atoms with E-state index in [2.05, 4.69) is 0 Å². The van der Waals surface area contributed by atoms with Crippen LogP contribution in [0.4, 0.5) is 10.1 Å². The number of nitrogens with zero attached hydrogens (tertiary/aromatic N) is 1. The van der Waals surface area contributed by atoms with E-state index in [4.69, 9.17) is 11.6 Å². The molecule has 14 heavy (non-hydrogen) atoms. The average Bonchev–Trinajstić information content (AvgIpc) is 2.08. The van der Waals surface area contributed by atoms with Gasteiger partial charge in [-0.3, -0.25) is 14.9 Å². The van der Waals surface area contributed by atoms with Gasteiger partial charge >= 0.3 is 0 Å². The number of carbonyl (C=O) groups excluding carboxylic acids is 1. The lowest BCUT2D eigenvalue weighted by Gasteiger charge is -2.01. The molecule has 4 nitrogen and oxygen atoms in total. The zero-order valence-electron chi connectivity index (χ0n) is 7.08. The summed E-state index contributed by atoms with van der Waals surface area (Å²) in [6.45, 7) is 1.22. The van der Waals surface area contributed by atoms with Crippen molar-refractivity contribution in [3.05, 3.63) is 39.2 Å². The van der Waals surface area contributed by atoms with Crippen LogP contribution in [0.25, 0.3) is 0 Å². The number of benzene rings is 1. The minimum Gasteiger partial charge on any atom is -0.275 e. The van der Waals surface area contributed by atoms with Crippen LogP contribution in [-0.4, -0.2) is 10.2 Å². The lowest BCUT2D eigenvalue weighted by Crippen LogP contribution is -2.01. The van der Waals surface area contributed by atoms with Crippen molar-refractivity contribution in [2.45, 2.75) is 6.92 Å². The summed E-state index contributed by atoms with van der Waals surface area (Å²) < 4.78 is 13.3. The van der Waals surface area contributed by atoms with E-state index >= 15 is 0 Å². The first kappa shape index (κ1) is 10.6. The number of carbonyl (C=O) groups is 1. The van der Waals surface area contributed by atoms with Crippen LogP contribution in [-0.2, 0) is 0 Å². The maximum atomic E-state index is 13.3. The third-order valence-electron chi connectivity index (χ3n) is 1.77. The third kappa shape index (κ3) is 1.72. The topological polar surface area (TPSA) is 60.2 Å². The summed E-state index contributed by atoms with van der Waals surface area (Å²) in [5.74, 6) is -0.945. The summed E-state index contributed by atoms with van der Waals surface area (Å²) in [5.41, 5.74) is -0.916. The van der Waals surface area contributed by atoms with Gasteiger partial charge in [0.2, 0.25) is 0 Å². The second kappa shape index (κ2) is 3.71. The zero-order valence-corrected chi connectivity index (χ0v) is 7.84. The van der Waals surface area contributed by atoms with Crippen LogP contribution >= 0.6 is 11.6 Å². The first-order valence-corrected chi connectivity index (χ1v) is 3.96. The van der Waals surface area contributed by atoms with E-state index in [1.165, 1.54) is 6.92 Å². The summed E-state index contributed by atoms with van der Waals surface area (Å²) in [5, 5.41) is 9.40. The fourth-order valence-electron chi connectivity index (χ4n) is 1.02. The Morgan fingerprint density at radius 3 is 2.57 bits per heavy atom. The lowest BCUT2D eigenvalue weighted by molar-refractivity contribution is -0.385. The van der Waals surface area contributed by atoms with Crippen molar-refractivity contribution in [1.29, 1.82) is 0 Å². The molecule has 1 aromatic rings. The Bertz CT molecular complexity index is 380. The molecule has 0 radical (unpaired) electrons. The lowest BCUT2D eigenvalue weighted by atomic mass is 10.1. The van der Waals surface area contributed by atoms with Gasteiger partial charge in [0.1, 0.15) is 5.82 Å². The molecule has 0 saturated heterocycles. The van der Waals surface area contributed by atoms with Crippen LogP contribution < -0.4 is 0 Å². The predicted molar refractivity (Wildman–Crippen MR) is 48.0 cm³/mol. The van der Waals surface area contributed by atoms with E-state index in [1.807, 2.05) is 0 Å². The molecule has 0 unspecified atom stereocenters. The van der Waals surface area contributed by atoms with Crippen molar-refractivity contribution in [3.63, 3.8) is 0 Å². The number of nitro benzene ring substituents is 1. The van der Waals surface area contributed by atoms with Crippen molar-refractivity contribution in [3.8, 4) is 0 Å². The summed E-state index contributed by atoms with van der Waals surface area (Å²) in [7, 11) is 0. The summed E-state index contributed by atoms with van der Waals surface area (Å²) in [6, 6.07) is 2.05. The molecule has 6 heteroatoms. The third-order valence-corrected chi connectivity index (χ3v) is 1.97. The molecule has 0 N–H and O–H groups in total. The normalized spacial score (nSPS) is 9.93. The Morgan fingerprint density at radius 2 is 2.14 bits per heavy atom. The first-order chi connectivity index (χ1) is 6.45. The molecular weight excluding hydrogens is 213 g/mol. The van der Waals surface area contributed by atoms with Gasteiger partial charge in [-0.2, -0.15) is 0 Å². The highest BCUT2D eigenvalue weighted by atomic mass is 35.5. The van der Waals surface area contributed by atoms with Crippen LogP contribution in [0, 0.1) is 22.9 Å². The quantitative estimate of drug-likeness (QED) is 0.434. The van der Waals surface area contributed by atoms with E-state index in [-0.39, 0.29) is 16.8 Å². The van der Waals surface area contributed by atoms with Crippen molar-refractivity contribution in [1.82, 2.24) is 0 Å². The highest BCUT2D eigenvalue weighted by molar-refractivity contribution is 6.67. The van der Waals surface area contributed by atoms with Crippen LogP contribution in [0.1, 0.15) is 15.9 Å². The molecule has 0 amide bonds. The Balaban J connectivity index is 3.41. The Kier molecular flexibility index (Phi) is 2.81. The van der Waals surface area contributed by atoms with Gasteiger partial charge in [-0.1, -0.05) is 0 Å². The SMILES string of the molecule is Cc1c([N+](=O)[O-])ccc(C(=O)Cl)c1F.